The van der Waals surface area contributed by atoms with Crippen molar-refractivity contribution in [3.63, 3.8) is 0 Å². The quantitative estimate of drug-likeness (QED) is 0.703. The van der Waals surface area contributed by atoms with Crippen LogP contribution in [0.5, 0.6) is 0 Å². The van der Waals surface area contributed by atoms with Crippen LogP contribution >= 0.6 is 0 Å². The van der Waals surface area contributed by atoms with Gasteiger partial charge in [0.2, 0.25) is 0 Å². The average Bonchev–Trinajstić information content (AvgIpc) is 2.53. The summed E-state index contributed by atoms with van der Waals surface area (Å²) >= 11 is 0. The summed E-state index contributed by atoms with van der Waals surface area (Å²) < 4.78 is 0. The molecule has 4 nitrogen and oxygen atoms in total. The zero-order chi connectivity index (χ0) is 10.8. The molecule has 0 bridgehead atoms. The molecule has 0 spiro atoms. The van der Waals surface area contributed by atoms with Gasteiger partial charge < -0.3 is 16.0 Å². The molecule has 0 saturated carbocycles. The second kappa shape index (κ2) is 3.81. The van der Waals surface area contributed by atoms with Gasteiger partial charge in [-0.05, 0) is 24.1 Å². The first-order valence-electron chi connectivity index (χ1n) is 5.02. The van der Waals surface area contributed by atoms with Gasteiger partial charge in [0, 0.05) is 19.3 Å². The number of nitrogens with two attached hydrogens (primary N) is 1. The fourth-order valence-electron chi connectivity index (χ4n) is 1.77. The highest BCUT2D eigenvalue weighted by Crippen LogP contribution is 2.13. The van der Waals surface area contributed by atoms with Crippen molar-refractivity contribution >= 4 is 11.7 Å². The van der Waals surface area contributed by atoms with Gasteiger partial charge in [-0.25, -0.2) is 4.79 Å². The van der Waals surface area contributed by atoms with Crippen LogP contribution in [0.4, 0.5) is 10.5 Å². The Morgan fingerprint density at radius 3 is 2.67 bits per heavy atom. The lowest BCUT2D eigenvalue weighted by Crippen LogP contribution is -2.31. The Morgan fingerprint density at radius 1 is 1.47 bits per heavy atom. The van der Waals surface area contributed by atoms with E-state index in [1.54, 1.807) is 4.90 Å². The van der Waals surface area contributed by atoms with Crippen LogP contribution in [0.1, 0.15) is 5.56 Å². The molecule has 3 N–H and O–H groups in total. The molecule has 0 radical (unpaired) electrons. The monoisotopic (exact) mass is 205 g/mol. The highest BCUT2D eigenvalue weighted by Gasteiger charge is 2.26. The van der Waals surface area contributed by atoms with Crippen LogP contribution in [0.2, 0.25) is 0 Å². The van der Waals surface area contributed by atoms with Crippen molar-refractivity contribution in [1.29, 1.82) is 0 Å². The Bertz CT molecular complexity index is 361. The first-order chi connectivity index (χ1) is 7.16. The van der Waals surface area contributed by atoms with Crippen LogP contribution in [0.15, 0.2) is 24.3 Å². The lowest BCUT2D eigenvalue weighted by Gasteiger charge is -2.17. The SMILES string of the molecule is CN1C(=O)NCC1Cc1ccc(N)cc1. The minimum Gasteiger partial charge on any atom is -0.399 e. The van der Waals surface area contributed by atoms with Crippen molar-refractivity contribution in [2.75, 3.05) is 19.3 Å². The van der Waals surface area contributed by atoms with E-state index in [1.807, 2.05) is 31.3 Å². The predicted molar refractivity (Wildman–Crippen MR) is 59.5 cm³/mol. The molecule has 15 heavy (non-hydrogen) atoms. The molecular weight excluding hydrogens is 190 g/mol. The smallest absolute Gasteiger partial charge is 0.317 e. The first-order valence-corrected chi connectivity index (χ1v) is 5.02. The van der Waals surface area contributed by atoms with E-state index in [4.69, 9.17) is 5.73 Å². The summed E-state index contributed by atoms with van der Waals surface area (Å²) in [7, 11) is 1.82. The zero-order valence-corrected chi connectivity index (χ0v) is 8.73. The van der Waals surface area contributed by atoms with E-state index in [1.165, 1.54) is 5.56 Å². The standard InChI is InChI=1S/C11H15N3O/c1-14-10(7-13-11(14)15)6-8-2-4-9(12)5-3-8/h2-5,10H,6-7,12H2,1H3,(H,13,15). The predicted octanol–water partition coefficient (Wildman–Crippen LogP) is 0.835. The molecule has 4 heteroatoms. The molecule has 0 aromatic heterocycles. The van der Waals surface area contributed by atoms with E-state index in [0.717, 1.165) is 18.7 Å². The Hall–Kier alpha value is -1.71. The van der Waals surface area contributed by atoms with Gasteiger partial charge >= 0.3 is 6.03 Å². The molecule has 2 rings (SSSR count). The van der Waals surface area contributed by atoms with E-state index < -0.39 is 0 Å². The topological polar surface area (TPSA) is 58.4 Å². The van der Waals surface area contributed by atoms with Crippen molar-refractivity contribution in [3.05, 3.63) is 29.8 Å². The lowest BCUT2D eigenvalue weighted by molar-refractivity contribution is 0.216. The number of hydrogen-bond donors (Lipinski definition) is 2. The Labute approximate surface area is 89.1 Å². The van der Waals surface area contributed by atoms with E-state index >= 15 is 0 Å². The third-order valence-corrected chi connectivity index (χ3v) is 2.81. The number of nitrogens with zero attached hydrogens (tertiary/aromatic N) is 1. The van der Waals surface area contributed by atoms with Gasteiger partial charge in [0.15, 0.2) is 0 Å². The minimum atomic E-state index is 0.00967. The maximum Gasteiger partial charge on any atom is 0.317 e. The number of amides is 2. The van der Waals surface area contributed by atoms with E-state index in [0.29, 0.717) is 0 Å². The van der Waals surface area contributed by atoms with E-state index in [9.17, 15) is 4.79 Å². The van der Waals surface area contributed by atoms with Gasteiger partial charge in [-0.2, -0.15) is 0 Å². The molecule has 2 amide bonds. The zero-order valence-electron chi connectivity index (χ0n) is 8.73. The summed E-state index contributed by atoms with van der Waals surface area (Å²) in [5.41, 5.74) is 7.58. The van der Waals surface area contributed by atoms with E-state index in [2.05, 4.69) is 5.32 Å². The van der Waals surface area contributed by atoms with Crippen LogP contribution < -0.4 is 11.1 Å². The Morgan fingerprint density at radius 2 is 2.13 bits per heavy atom. The molecule has 1 aliphatic heterocycles. The van der Waals surface area contributed by atoms with Crippen LogP contribution in [0.3, 0.4) is 0 Å². The van der Waals surface area contributed by atoms with Crippen LogP contribution in [0, 0.1) is 0 Å². The number of nitrogens with one attached hydrogen (secondary N) is 1. The molecule has 1 saturated heterocycles. The van der Waals surface area contributed by atoms with Crippen molar-refractivity contribution in [3.8, 4) is 0 Å². The highest BCUT2D eigenvalue weighted by atomic mass is 16.2. The summed E-state index contributed by atoms with van der Waals surface area (Å²) in [6.45, 7) is 0.722. The van der Waals surface area contributed by atoms with Gasteiger partial charge in [-0.1, -0.05) is 12.1 Å². The average molecular weight is 205 g/mol. The number of hydrogen-bond acceptors (Lipinski definition) is 2. The Balaban J connectivity index is 2.03. The van der Waals surface area contributed by atoms with Gasteiger partial charge in [0.25, 0.3) is 0 Å². The van der Waals surface area contributed by atoms with Crippen LogP contribution in [-0.4, -0.2) is 30.6 Å². The normalized spacial score (nSPS) is 20.5. The number of likely N-dealkylation sites (N-methyl/N-ethyl adjacent to an activating group) is 1. The number of urea groups is 1. The fourth-order valence-corrected chi connectivity index (χ4v) is 1.77. The summed E-state index contributed by atoms with van der Waals surface area (Å²) in [6.07, 6.45) is 0.871. The first kappa shape index (κ1) is 9.83. The van der Waals surface area contributed by atoms with Crippen LogP contribution in [0.25, 0.3) is 0 Å². The van der Waals surface area contributed by atoms with Crippen molar-refractivity contribution in [1.82, 2.24) is 10.2 Å². The molecular formula is C11H15N3O. The maximum atomic E-state index is 11.2. The van der Waals surface area contributed by atoms with E-state index in [-0.39, 0.29) is 12.1 Å². The molecule has 1 atom stereocenters. The molecule has 80 valence electrons. The van der Waals surface area contributed by atoms with Gasteiger partial charge in [0.1, 0.15) is 0 Å². The molecule has 1 fully saturated rings. The third-order valence-electron chi connectivity index (χ3n) is 2.81. The third kappa shape index (κ3) is 2.03. The molecule has 1 heterocycles. The van der Waals surface area contributed by atoms with Crippen molar-refractivity contribution in [2.24, 2.45) is 0 Å². The molecule has 1 aromatic rings. The second-order valence-corrected chi connectivity index (χ2v) is 3.90. The fraction of sp³-hybridized carbons (Fsp3) is 0.364. The second-order valence-electron chi connectivity index (χ2n) is 3.90. The largest absolute Gasteiger partial charge is 0.399 e. The maximum absolute atomic E-state index is 11.2. The minimum absolute atomic E-state index is 0.00967. The number of carbonyl (C=O) groups is 1. The summed E-state index contributed by atoms with van der Waals surface area (Å²) in [4.78, 5) is 13.0. The molecule has 1 aromatic carbocycles. The van der Waals surface area contributed by atoms with Crippen LogP contribution in [-0.2, 0) is 6.42 Å². The Kier molecular flexibility index (Phi) is 2.49. The van der Waals surface area contributed by atoms with Gasteiger partial charge in [-0.15, -0.1) is 0 Å². The number of nitrogen functional groups attached to an aromatic ring is 1. The van der Waals surface area contributed by atoms with Gasteiger partial charge in [0.05, 0.1) is 6.04 Å². The van der Waals surface area contributed by atoms with Crippen molar-refractivity contribution < 1.29 is 4.79 Å². The number of anilines is 1. The molecule has 1 aliphatic rings. The van der Waals surface area contributed by atoms with Crippen molar-refractivity contribution in [2.45, 2.75) is 12.5 Å². The number of carbonyl (C=O) groups excluding carboxylic acids is 1. The lowest BCUT2D eigenvalue weighted by atomic mass is 10.1. The molecule has 0 aliphatic carbocycles. The summed E-state index contributed by atoms with van der Waals surface area (Å²) in [6, 6.07) is 8.05. The van der Waals surface area contributed by atoms with Gasteiger partial charge in [-0.3, -0.25) is 0 Å². The highest BCUT2D eigenvalue weighted by molar-refractivity contribution is 5.76. The number of rotatable bonds is 2. The summed E-state index contributed by atoms with van der Waals surface area (Å²) in [5, 5.41) is 2.81. The number of benzene rings is 1. The molecule has 1 unspecified atom stereocenters. The summed E-state index contributed by atoms with van der Waals surface area (Å²) in [5.74, 6) is 0.